The molecule has 1 unspecified atom stereocenters. The van der Waals surface area contributed by atoms with Crippen molar-refractivity contribution in [3.8, 4) is 11.4 Å². The molecule has 9 aromatic rings. The van der Waals surface area contributed by atoms with Gasteiger partial charge in [-0.25, -0.2) is 0 Å². The Labute approximate surface area is 287 Å². The van der Waals surface area contributed by atoms with Gasteiger partial charge in [-0.15, -0.1) is 0 Å². The molecule has 0 aliphatic rings. The number of fused-ring (bicyclic) bond motifs is 9. The molecule has 240 valence electrons. The molecular weight excluding hydrogens is 595 g/mol. The highest BCUT2D eigenvalue weighted by Crippen LogP contribution is 2.39. The van der Waals surface area contributed by atoms with Crippen LogP contribution < -0.4 is 0 Å². The molecular formula is C46H41N3. The van der Waals surface area contributed by atoms with E-state index >= 15 is 0 Å². The van der Waals surface area contributed by atoms with Crippen LogP contribution in [0.5, 0.6) is 0 Å². The highest BCUT2D eigenvalue weighted by atomic mass is 15.0. The SMILES string of the molecule is C=Cc1ccc2c(c1)c1ccccc1n2-c1ccc2c(c1)c1cc(-n3c4ccccc4c4ccccc43)ccc1n2CC(CC)CCCC. The Morgan fingerprint density at radius 1 is 0.531 bits per heavy atom. The van der Waals surface area contributed by atoms with Crippen molar-refractivity contribution in [1.82, 2.24) is 13.7 Å². The molecule has 6 aromatic carbocycles. The molecule has 0 amide bonds. The van der Waals surface area contributed by atoms with Crippen LogP contribution in [0.15, 0.2) is 134 Å². The molecule has 0 spiro atoms. The van der Waals surface area contributed by atoms with Gasteiger partial charge in [-0.2, -0.15) is 0 Å². The van der Waals surface area contributed by atoms with Gasteiger partial charge in [0.15, 0.2) is 0 Å². The molecule has 3 nitrogen and oxygen atoms in total. The van der Waals surface area contributed by atoms with E-state index < -0.39 is 0 Å². The van der Waals surface area contributed by atoms with Gasteiger partial charge in [0.05, 0.1) is 22.1 Å². The van der Waals surface area contributed by atoms with Crippen molar-refractivity contribution in [2.45, 2.75) is 46.1 Å². The molecule has 0 fully saturated rings. The average Bonchev–Trinajstić information content (AvgIpc) is 3.78. The van der Waals surface area contributed by atoms with Crippen LogP contribution in [0.1, 0.15) is 45.1 Å². The van der Waals surface area contributed by atoms with Gasteiger partial charge in [0.1, 0.15) is 0 Å². The summed E-state index contributed by atoms with van der Waals surface area (Å²) < 4.78 is 7.49. The zero-order valence-electron chi connectivity index (χ0n) is 28.4. The van der Waals surface area contributed by atoms with Crippen LogP contribution >= 0.6 is 0 Å². The van der Waals surface area contributed by atoms with E-state index in [9.17, 15) is 0 Å². The van der Waals surface area contributed by atoms with Gasteiger partial charge in [0.2, 0.25) is 0 Å². The second-order valence-electron chi connectivity index (χ2n) is 13.6. The number of para-hydroxylation sites is 3. The van der Waals surface area contributed by atoms with Gasteiger partial charge in [0.25, 0.3) is 0 Å². The lowest BCUT2D eigenvalue weighted by atomic mass is 9.99. The number of hydrogen-bond acceptors (Lipinski definition) is 0. The summed E-state index contributed by atoms with van der Waals surface area (Å²) in [5, 5.41) is 7.70. The fraction of sp³-hybridized carbons (Fsp3) is 0.174. The maximum absolute atomic E-state index is 4.04. The molecule has 3 heterocycles. The summed E-state index contributed by atoms with van der Waals surface area (Å²) in [6.45, 7) is 9.73. The third-order valence-electron chi connectivity index (χ3n) is 10.8. The summed E-state index contributed by atoms with van der Waals surface area (Å²) in [5.74, 6) is 0.645. The molecule has 0 saturated carbocycles. The first-order chi connectivity index (χ1) is 24.2. The van der Waals surface area contributed by atoms with E-state index in [1.54, 1.807) is 0 Å². The third-order valence-corrected chi connectivity index (χ3v) is 10.8. The van der Waals surface area contributed by atoms with Crippen LogP contribution in [0.2, 0.25) is 0 Å². The molecule has 0 bridgehead atoms. The third kappa shape index (κ3) is 4.63. The summed E-state index contributed by atoms with van der Waals surface area (Å²) in [4.78, 5) is 0. The van der Waals surface area contributed by atoms with Gasteiger partial charge in [-0.3, -0.25) is 0 Å². The Kier molecular flexibility index (Phi) is 7.16. The molecule has 9 rings (SSSR count). The Hall–Kier alpha value is -5.54. The summed E-state index contributed by atoms with van der Waals surface area (Å²) in [6, 6.07) is 47.3. The highest BCUT2D eigenvalue weighted by Gasteiger charge is 2.19. The van der Waals surface area contributed by atoms with E-state index in [0.29, 0.717) is 5.92 Å². The van der Waals surface area contributed by atoms with Crippen LogP contribution in [0.25, 0.3) is 82.9 Å². The monoisotopic (exact) mass is 635 g/mol. The highest BCUT2D eigenvalue weighted by molar-refractivity contribution is 6.13. The maximum atomic E-state index is 4.04. The normalized spacial score (nSPS) is 12.7. The minimum Gasteiger partial charge on any atom is -0.340 e. The van der Waals surface area contributed by atoms with Crippen molar-refractivity contribution in [2.75, 3.05) is 0 Å². The first kappa shape index (κ1) is 29.6. The van der Waals surface area contributed by atoms with Crippen LogP contribution in [0, 0.1) is 5.92 Å². The quantitative estimate of drug-likeness (QED) is 0.150. The Morgan fingerprint density at radius 2 is 1.00 bits per heavy atom. The number of rotatable bonds is 9. The van der Waals surface area contributed by atoms with Gasteiger partial charge >= 0.3 is 0 Å². The Morgan fingerprint density at radius 3 is 1.51 bits per heavy atom. The molecule has 1 atom stereocenters. The molecule has 0 aliphatic carbocycles. The van der Waals surface area contributed by atoms with Gasteiger partial charge in [0, 0.05) is 61.3 Å². The van der Waals surface area contributed by atoms with Crippen molar-refractivity contribution in [3.63, 3.8) is 0 Å². The van der Waals surface area contributed by atoms with Crippen molar-refractivity contribution in [3.05, 3.63) is 140 Å². The van der Waals surface area contributed by atoms with Gasteiger partial charge in [-0.1, -0.05) is 106 Å². The van der Waals surface area contributed by atoms with Crippen LogP contribution in [-0.4, -0.2) is 13.7 Å². The van der Waals surface area contributed by atoms with Crippen LogP contribution in [-0.2, 0) is 6.54 Å². The van der Waals surface area contributed by atoms with E-state index in [0.717, 1.165) is 12.1 Å². The summed E-state index contributed by atoms with van der Waals surface area (Å²) in [5.41, 5.74) is 11.0. The van der Waals surface area contributed by atoms with E-state index in [2.05, 4.69) is 162 Å². The lowest BCUT2D eigenvalue weighted by molar-refractivity contribution is 0.401. The minimum atomic E-state index is 0.645. The molecule has 3 aromatic heterocycles. The number of aromatic nitrogens is 3. The number of hydrogen-bond donors (Lipinski definition) is 0. The largest absolute Gasteiger partial charge is 0.340 e. The van der Waals surface area contributed by atoms with Crippen molar-refractivity contribution < 1.29 is 0 Å². The van der Waals surface area contributed by atoms with Crippen molar-refractivity contribution in [2.24, 2.45) is 5.92 Å². The standard InChI is InChI=1S/C46H41N3/c1-4-7-14-32(6-3)30-47-41-25-22-33(48-43-18-11-8-15-35(43)36-16-9-12-19-44(36)48)28-39(41)40-29-34(23-26-42(40)47)49-45-20-13-10-17-37(45)38-27-31(5-2)21-24-46(38)49/h5,8-13,15-29,32H,2,4,6-7,14,30H2,1,3H3. The number of benzene rings is 6. The topological polar surface area (TPSA) is 14.8 Å². The van der Waals surface area contributed by atoms with Gasteiger partial charge < -0.3 is 13.7 Å². The average molecular weight is 636 g/mol. The molecule has 0 N–H and O–H groups in total. The van der Waals surface area contributed by atoms with Gasteiger partial charge in [-0.05, 0) is 84.6 Å². The van der Waals surface area contributed by atoms with E-state index in [4.69, 9.17) is 0 Å². The first-order valence-electron chi connectivity index (χ1n) is 17.9. The van der Waals surface area contributed by atoms with E-state index in [1.165, 1.54) is 102 Å². The predicted octanol–water partition coefficient (Wildman–Crippen LogP) is 12.8. The molecule has 49 heavy (non-hydrogen) atoms. The van der Waals surface area contributed by atoms with Crippen molar-refractivity contribution in [1.29, 1.82) is 0 Å². The second kappa shape index (κ2) is 11.9. The molecule has 0 aliphatic heterocycles. The first-order valence-corrected chi connectivity index (χ1v) is 17.9. The summed E-state index contributed by atoms with van der Waals surface area (Å²) in [6.07, 6.45) is 6.90. The van der Waals surface area contributed by atoms with Crippen molar-refractivity contribution >= 4 is 71.5 Å². The predicted molar refractivity (Wildman–Crippen MR) is 212 cm³/mol. The molecule has 3 heteroatoms. The minimum absolute atomic E-state index is 0.645. The fourth-order valence-electron chi connectivity index (χ4n) is 8.33. The van der Waals surface area contributed by atoms with E-state index in [1.807, 2.05) is 6.08 Å². The Balaban J connectivity index is 1.32. The smallest absolute Gasteiger partial charge is 0.0541 e. The number of unbranched alkanes of at least 4 members (excludes halogenated alkanes) is 1. The zero-order chi connectivity index (χ0) is 33.1. The Bertz CT molecular complexity index is 2640. The lowest BCUT2D eigenvalue weighted by Crippen LogP contribution is -2.10. The number of nitrogens with zero attached hydrogens (tertiary/aromatic N) is 3. The van der Waals surface area contributed by atoms with Crippen LogP contribution in [0.4, 0.5) is 0 Å². The molecule has 0 radical (unpaired) electrons. The summed E-state index contributed by atoms with van der Waals surface area (Å²) >= 11 is 0. The molecule has 0 saturated heterocycles. The zero-order valence-corrected chi connectivity index (χ0v) is 28.4. The lowest BCUT2D eigenvalue weighted by Gasteiger charge is -2.18. The van der Waals surface area contributed by atoms with E-state index in [-0.39, 0.29) is 0 Å². The maximum Gasteiger partial charge on any atom is 0.0541 e. The van der Waals surface area contributed by atoms with Crippen LogP contribution in [0.3, 0.4) is 0 Å². The second-order valence-corrected chi connectivity index (χ2v) is 13.6. The summed E-state index contributed by atoms with van der Waals surface area (Å²) in [7, 11) is 0. The fourth-order valence-corrected chi connectivity index (χ4v) is 8.33.